The van der Waals surface area contributed by atoms with Crippen LogP contribution in [0.15, 0.2) is 18.2 Å². The summed E-state index contributed by atoms with van der Waals surface area (Å²) in [5.41, 5.74) is 12.4. The molecule has 1 aliphatic rings. The van der Waals surface area contributed by atoms with Crippen LogP contribution in [0.4, 0.5) is 24.5 Å². The van der Waals surface area contributed by atoms with Crippen molar-refractivity contribution in [2.24, 2.45) is 0 Å². The molecule has 0 atom stereocenters. The third-order valence-electron chi connectivity index (χ3n) is 3.29. The molecule has 1 saturated heterocycles. The summed E-state index contributed by atoms with van der Waals surface area (Å²) in [5, 5.41) is 0. The molecule has 0 radical (unpaired) electrons. The summed E-state index contributed by atoms with van der Waals surface area (Å²) < 4.78 is 36.9. The molecular weight excluding hydrogens is 285 g/mol. The number of nitrogen functional groups attached to an aromatic ring is 2. The number of carbonyl (C=O) groups excluding carboxylic acids is 1. The number of carbonyl (C=O) groups is 1. The summed E-state index contributed by atoms with van der Waals surface area (Å²) >= 11 is 0. The topological polar surface area (TPSA) is 75.6 Å². The lowest BCUT2D eigenvalue weighted by atomic mass is 10.1. The Bertz CT molecular complexity index is 504. The Balaban J connectivity index is 1.97. The number of alkyl halides is 3. The van der Waals surface area contributed by atoms with Crippen molar-refractivity contribution in [2.75, 3.05) is 44.2 Å². The average Bonchev–Trinajstić information content (AvgIpc) is 2.35. The van der Waals surface area contributed by atoms with E-state index in [0.717, 1.165) is 0 Å². The molecule has 1 heterocycles. The lowest BCUT2D eigenvalue weighted by molar-refractivity contribution is -0.148. The minimum Gasteiger partial charge on any atom is -0.399 e. The van der Waals surface area contributed by atoms with Crippen LogP contribution in [0.5, 0.6) is 0 Å². The van der Waals surface area contributed by atoms with Gasteiger partial charge in [0.25, 0.3) is 5.91 Å². The number of amides is 1. The largest absolute Gasteiger partial charge is 0.401 e. The fourth-order valence-electron chi connectivity index (χ4n) is 2.35. The van der Waals surface area contributed by atoms with Crippen molar-refractivity contribution in [3.05, 3.63) is 23.8 Å². The van der Waals surface area contributed by atoms with Crippen LogP contribution in [0.1, 0.15) is 10.4 Å². The molecular formula is C13H17F3N4O. The lowest BCUT2D eigenvalue weighted by Crippen LogP contribution is -2.50. The van der Waals surface area contributed by atoms with Gasteiger partial charge in [-0.05, 0) is 18.2 Å². The maximum atomic E-state index is 12.3. The van der Waals surface area contributed by atoms with E-state index in [2.05, 4.69) is 0 Å². The smallest absolute Gasteiger partial charge is 0.399 e. The lowest BCUT2D eigenvalue weighted by Gasteiger charge is -2.35. The van der Waals surface area contributed by atoms with Gasteiger partial charge in [-0.3, -0.25) is 9.69 Å². The van der Waals surface area contributed by atoms with Crippen molar-refractivity contribution in [3.63, 3.8) is 0 Å². The van der Waals surface area contributed by atoms with Gasteiger partial charge in [-0.2, -0.15) is 13.2 Å². The van der Waals surface area contributed by atoms with E-state index in [1.54, 1.807) is 0 Å². The van der Waals surface area contributed by atoms with Gasteiger partial charge in [0.1, 0.15) is 0 Å². The van der Waals surface area contributed by atoms with Crippen LogP contribution in [-0.2, 0) is 0 Å². The van der Waals surface area contributed by atoms with Crippen LogP contribution < -0.4 is 11.5 Å². The average molecular weight is 302 g/mol. The zero-order chi connectivity index (χ0) is 15.6. The molecule has 21 heavy (non-hydrogen) atoms. The zero-order valence-corrected chi connectivity index (χ0v) is 11.4. The number of rotatable bonds is 2. The second-order valence-electron chi connectivity index (χ2n) is 5.07. The molecule has 8 heteroatoms. The molecule has 0 aliphatic carbocycles. The second kappa shape index (κ2) is 5.80. The van der Waals surface area contributed by atoms with Gasteiger partial charge in [0.05, 0.1) is 6.54 Å². The molecule has 0 spiro atoms. The van der Waals surface area contributed by atoms with Crippen molar-refractivity contribution in [1.82, 2.24) is 9.80 Å². The maximum absolute atomic E-state index is 12.3. The summed E-state index contributed by atoms with van der Waals surface area (Å²) in [4.78, 5) is 15.1. The molecule has 4 N–H and O–H groups in total. The van der Waals surface area contributed by atoms with Crippen LogP contribution in [0, 0.1) is 0 Å². The first-order valence-electron chi connectivity index (χ1n) is 6.49. The standard InChI is InChI=1S/C13H17F3N4O/c14-13(15,16)8-19-1-3-20(4-2-19)12(21)9-5-10(17)7-11(18)6-9/h5-7H,1-4,8,17-18H2. The number of piperazine rings is 1. The van der Waals surface area contributed by atoms with Crippen molar-refractivity contribution in [3.8, 4) is 0 Å². The summed E-state index contributed by atoms with van der Waals surface area (Å²) in [6.45, 7) is -0.0421. The van der Waals surface area contributed by atoms with Crippen LogP contribution in [0.3, 0.4) is 0 Å². The second-order valence-corrected chi connectivity index (χ2v) is 5.07. The quantitative estimate of drug-likeness (QED) is 0.804. The number of hydrogen-bond donors (Lipinski definition) is 2. The van der Waals surface area contributed by atoms with Gasteiger partial charge in [-0.25, -0.2) is 0 Å². The molecule has 1 aliphatic heterocycles. The van der Waals surface area contributed by atoms with E-state index >= 15 is 0 Å². The van der Waals surface area contributed by atoms with Crippen LogP contribution in [0.2, 0.25) is 0 Å². The Morgan fingerprint density at radius 1 is 1.05 bits per heavy atom. The SMILES string of the molecule is Nc1cc(N)cc(C(=O)N2CCN(CC(F)(F)F)CC2)c1. The Labute approximate surface area is 120 Å². The number of halogens is 3. The van der Waals surface area contributed by atoms with Gasteiger partial charge in [0, 0.05) is 43.1 Å². The van der Waals surface area contributed by atoms with Crippen molar-refractivity contribution in [1.29, 1.82) is 0 Å². The van der Waals surface area contributed by atoms with Crippen molar-refractivity contribution >= 4 is 17.3 Å². The summed E-state index contributed by atoms with van der Waals surface area (Å²) in [6, 6.07) is 4.57. The van der Waals surface area contributed by atoms with Crippen LogP contribution in [0.25, 0.3) is 0 Å². The monoisotopic (exact) mass is 302 g/mol. The summed E-state index contributed by atoms with van der Waals surface area (Å²) in [7, 11) is 0. The van der Waals surface area contributed by atoms with E-state index in [9.17, 15) is 18.0 Å². The van der Waals surface area contributed by atoms with E-state index in [1.807, 2.05) is 0 Å². The highest BCUT2D eigenvalue weighted by Crippen LogP contribution is 2.19. The van der Waals surface area contributed by atoms with Crippen LogP contribution in [-0.4, -0.2) is 54.6 Å². The van der Waals surface area contributed by atoms with E-state index in [-0.39, 0.29) is 32.1 Å². The number of anilines is 2. The van der Waals surface area contributed by atoms with Gasteiger partial charge in [0.15, 0.2) is 0 Å². The molecule has 2 rings (SSSR count). The minimum absolute atomic E-state index is 0.197. The predicted octanol–water partition coefficient (Wildman–Crippen LogP) is 1.17. The van der Waals surface area contributed by atoms with Gasteiger partial charge in [0.2, 0.25) is 0 Å². The van der Waals surface area contributed by atoms with Gasteiger partial charge in [-0.1, -0.05) is 0 Å². The first-order valence-corrected chi connectivity index (χ1v) is 6.49. The Morgan fingerprint density at radius 3 is 2.05 bits per heavy atom. The molecule has 0 aromatic heterocycles. The summed E-state index contributed by atoms with van der Waals surface area (Å²) in [5.74, 6) is -0.263. The number of benzene rings is 1. The molecule has 1 amide bonds. The highest BCUT2D eigenvalue weighted by molar-refractivity contribution is 5.96. The highest BCUT2D eigenvalue weighted by atomic mass is 19.4. The zero-order valence-electron chi connectivity index (χ0n) is 11.4. The highest BCUT2D eigenvalue weighted by Gasteiger charge is 2.33. The van der Waals surface area contributed by atoms with Gasteiger partial charge >= 0.3 is 6.18 Å². The van der Waals surface area contributed by atoms with Crippen LogP contribution >= 0.6 is 0 Å². The van der Waals surface area contributed by atoms with Gasteiger partial charge in [-0.15, -0.1) is 0 Å². The van der Waals surface area contributed by atoms with Crippen molar-refractivity contribution in [2.45, 2.75) is 6.18 Å². The Kier molecular flexibility index (Phi) is 4.26. The molecule has 1 fully saturated rings. The molecule has 1 aromatic carbocycles. The first-order chi connectivity index (χ1) is 9.74. The number of hydrogen-bond acceptors (Lipinski definition) is 4. The Morgan fingerprint density at radius 2 is 1.57 bits per heavy atom. The molecule has 1 aromatic rings. The first kappa shape index (κ1) is 15.4. The molecule has 0 unspecified atom stereocenters. The third kappa shape index (κ3) is 4.25. The number of nitrogens with zero attached hydrogens (tertiary/aromatic N) is 2. The Hall–Kier alpha value is -1.96. The molecule has 116 valence electrons. The maximum Gasteiger partial charge on any atom is 0.401 e. The predicted molar refractivity (Wildman–Crippen MR) is 73.7 cm³/mol. The molecule has 5 nitrogen and oxygen atoms in total. The van der Waals surface area contributed by atoms with E-state index in [0.29, 0.717) is 16.9 Å². The fraction of sp³-hybridized carbons (Fsp3) is 0.462. The fourth-order valence-corrected chi connectivity index (χ4v) is 2.35. The van der Waals surface area contributed by atoms with E-state index < -0.39 is 12.7 Å². The summed E-state index contributed by atoms with van der Waals surface area (Å²) in [6.07, 6.45) is -4.21. The number of nitrogens with two attached hydrogens (primary N) is 2. The normalized spacial score (nSPS) is 17.0. The van der Waals surface area contributed by atoms with E-state index in [1.165, 1.54) is 28.0 Å². The molecule has 0 bridgehead atoms. The van der Waals surface area contributed by atoms with Gasteiger partial charge < -0.3 is 16.4 Å². The minimum atomic E-state index is -4.21. The van der Waals surface area contributed by atoms with E-state index in [4.69, 9.17) is 11.5 Å². The molecule has 0 saturated carbocycles. The van der Waals surface area contributed by atoms with Crippen molar-refractivity contribution < 1.29 is 18.0 Å². The third-order valence-corrected chi connectivity index (χ3v) is 3.29.